The van der Waals surface area contributed by atoms with Crippen LogP contribution in [0.5, 0.6) is 0 Å². The molecule has 0 radical (unpaired) electrons. The minimum atomic E-state index is 0.854. The molecule has 0 spiro atoms. The fourth-order valence-electron chi connectivity index (χ4n) is 11.8. The quantitative estimate of drug-likeness (QED) is 0.111. The number of nitrogens with zero attached hydrogens (tertiary/aromatic N) is 6. The van der Waals surface area contributed by atoms with E-state index in [-0.39, 0.29) is 0 Å². The van der Waals surface area contributed by atoms with E-state index >= 15 is 0 Å². The van der Waals surface area contributed by atoms with Crippen LogP contribution in [0.15, 0.2) is 268 Å². The summed E-state index contributed by atoms with van der Waals surface area (Å²) in [5.74, 6) is 0. The zero-order valence-electron chi connectivity index (χ0n) is 42.1. The molecule has 0 aliphatic rings. The minimum Gasteiger partial charge on any atom is -0.265 e. The lowest BCUT2D eigenvalue weighted by molar-refractivity contribution is 1.33. The molecule has 0 N–H and O–H groups in total. The maximum atomic E-state index is 5.74. The van der Waals surface area contributed by atoms with Gasteiger partial charge in [-0.05, 0) is 184 Å². The van der Waals surface area contributed by atoms with Gasteiger partial charge in [0.15, 0.2) is 0 Å². The van der Waals surface area contributed by atoms with Crippen molar-refractivity contribution in [1.82, 2.24) is 29.9 Å². The van der Waals surface area contributed by atoms with E-state index < -0.39 is 0 Å². The summed E-state index contributed by atoms with van der Waals surface area (Å²) in [5, 5.41) is 8.87. The van der Waals surface area contributed by atoms with Crippen LogP contribution in [0, 0.1) is 0 Å². The van der Waals surface area contributed by atoms with E-state index in [0.717, 1.165) is 154 Å². The van der Waals surface area contributed by atoms with Crippen LogP contribution in [0.25, 0.3) is 154 Å². The molecule has 0 unspecified atom stereocenters. The van der Waals surface area contributed by atoms with Crippen LogP contribution >= 0.6 is 0 Å². The van der Waals surface area contributed by atoms with E-state index in [1.807, 2.05) is 49.6 Å². The molecule has 6 nitrogen and oxygen atoms in total. The number of aromatic nitrogens is 6. The number of hydrogen-bond donors (Lipinski definition) is 0. The Morgan fingerprint density at radius 1 is 0.192 bits per heavy atom. The Bertz CT molecular complexity index is 4500. The summed E-state index contributed by atoms with van der Waals surface area (Å²) in [7, 11) is 0. The molecule has 0 saturated carbocycles. The Hall–Kier alpha value is -10.6. The van der Waals surface area contributed by atoms with E-state index in [1.54, 1.807) is 0 Å². The average Bonchev–Trinajstić information content (AvgIpc) is 3.66. The van der Waals surface area contributed by atoms with Crippen molar-refractivity contribution < 1.29 is 0 Å². The minimum absolute atomic E-state index is 0.854. The zero-order chi connectivity index (χ0) is 51.5. The SMILES string of the molecule is c1ccc(-c2c3ccc(-c4cccc5c(-c6ccncc6)cc(-c6ccncc6)cc45)cc3nc3c2ccc2c(-c4ccccc4)c4ccc(-c5cccc6c(-c7ccncc7)cc(-c7ccncc7)cc56)cc4nc23)cc1. The summed E-state index contributed by atoms with van der Waals surface area (Å²) >= 11 is 0. The van der Waals surface area contributed by atoms with Gasteiger partial charge in [-0.15, -0.1) is 0 Å². The lowest BCUT2D eigenvalue weighted by Gasteiger charge is -2.18. The lowest BCUT2D eigenvalue weighted by Crippen LogP contribution is -1.96. The average molecular weight is 993 g/mol. The Morgan fingerprint density at radius 3 is 0.962 bits per heavy atom. The van der Waals surface area contributed by atoms with Crippen LogP contribution < -0.4 is 0 Å². The predicted molar refractivity (Wildman–Crippen MR) is 322 cm³/mol. The molecule has 15 aromatic rings. The van der Waals surface area contributed by atoms with Gasteiger partial charge in [0.25, 0.3) is 0 Å². The number of benzene rings is 9. The molecule has 0 amide bonds. The van der Waals surface area contributed by atoms with Gasteiger partial charge in [-0.3, -0.25) is 19.9 Å². The maximum absolute atomic E-state index is 5.74. The van der Waals surface area contributed by atoms with Gasteiger partial charge in [0.2, 0.25) is 0 Å². The van der Waals surface area contributed by atoms with Gasteiger partial charge in [0, 0.05) is 82.2 Å². The van der Waals surface area contributed by atoms with E-state index in [4.69, 9.17) is 9.97 Å². The standard InChI is InChI=1S/C72H44N6/c1-3-9-49(10-4-1)69-59-19-17-51(55-13-7-15-57-63(47-27-35-75-36-28-47)39-53(41-65(55)57)45-23-31-73-32-24-45)43-67(59)77-71-61(69)21-22-62-70(50-11-5-2-6-12-50)60-20-18-52(44-68(60)78-72(62)71)56-14-8-16-58-64(48-29-37-76-38-30-48)40-54(42-66(56)58)46-25-33-74-34-26-46/h1-44H. The molecule has 15 rings (SSSR count). The monoisotopic (exact) mass is 992 g/mol. The van der Waals surface area contributed by atoms with Gasteiger partial charge in [-0.25, -0.2) is 9.97 Å². The summed E-state index contributed by atoms with van der Waals surface area (Å²) in [6, 6.07) is 78.7. The summed E-state index contributed by atoms with van der Waals surface area (Å²) < 4.78 is 0. The van der Waals surface area contributed by atoms with E-state index in [1.165, 1.54) is 0 Å². The smallest absolute Gasteiger partial charge is 0.0979 e. The highest BCUT2D eigenvalue weighted by Gasteiger charge is 2.21. The molecular formula is C72H44N6. The fourth-order valence-corrected chi connectivity index (χ4v) is 11.8. The van der Waals surface area contributed by atoms with Gasteiger partial charge < -0.3 is 0 Å². The zero-order valence-corrected chi connectivity index (χ0v) is 42.1. The van der Waals surface area contributed by atoms with Crippen molar-refractivity contribution >= 4 is 65.2 Å². The van der Waals surface area contributed by atoms with E-state index in [2.05, 4.69) is 238 Å². The third-order valence-corrected chi connectivity index (χ3v) is 15.4. The molecule has 362 valence electrons. The van der Waals surface area contributed by atoms with Crippen molar-refractivity contribution in [3.8, 4) is 89.0 Å². The van der Waals surface area contributed by atoms with Crippen LogP contribution in [0.4, 0.5) is 0 Å². The second-order valence-electron chi connectivity index (χ2n) is 19.8. The molecule has 6 heterocycles. The summed E-state index contributed by atoms with van der Waals surface area (Å²) in [6.07, 6.45) is 14.9. The van der Waals surface area contributed by atoms with Crippen LogP contribution in [0.1, 0.15) is 0 Å². The second-order valence-corrected chi connectivity index (χ2v) is 19.8. The molecule has 0 saturated heterocycles. The van der Waals surface area contributed by atoms with Crippen molar-refractivity contribution in [2.45, 2.75) is 0 Å². The Labute approximate surface area is 449 Å². The Kier molecular flexibility index (Phi) is 10.7. The number of fused-ring (bicyclic) bond motifs is 7. The maximum Gasteiger partial charge on any atom is 0.0979 e. The molecule has 78 heavy (non-hydrogen) atoms. The fraction of sp³-hybridized carbons (Fsp3) is 0. The Morgan fingerprint density at radius 2 is 0.564 bits per heavy atom. The first kappa shape index (κ1) is 44.9. The van der Waals surface area contributed by atoms with Gasteiger partial charge >= 0.3 is 0 Å². The normalized spacial score (nSPS) is 11.6. The molecule has 9 aromatic carbocycles. The Balaban J connectivity index is 0.987. The van der Waals surface area contributed by atoms with Crippen LogP contribution in [0.3, 0.4) is 0 Å². The topological polar surface area (TPSA) is 77.3 Å². The van der Waals surface area contributed by atoms with Crippen molar-refractivity contribution in [3.63, 3.8) is 0 Å². The van der Waals surface area contributed by atoms with E-state index in [9.17, 15) is 0 Å². The summed E-state index contributed by atoms with van der Waals surface area (Å²) in [5.41, 5.74) is 21.4. The first-order valence-electron chi connectivity index (χ1n) is 26.2. The van der Waals surface area contributed by atoms with Crippen molar-refractivity contribution in [1.29, 1.82) is 0 Å². The largest absolute Gasteiger partial charge is 0.265 e. The van der Waals surface area contributed by atoms with Crippen molar-refractivity contribution in [3.05, 3.63) is 268 Å². The third kappa shape index (κ3) is 7.65. The highest BCUT2D eigenvalue weighted by molar-refractivity contribution is 6.22. The molecule has 0 bridgehead atoms. The molecule has 0 aliphatic heterocycles. The number of hydrogen-bond acceptors (Lipinski definition) is 6. The number of pyridine rings is 6. The summed E-state index contributed by atoms with van der Waals surface area (Å²) in [6.45, 7) is 0. The second kappa shape index (κ2) is 18.7. The van der Waals surface area contributed by atoms with E-state index in [0.29, 0.717) is 0 Å². The highest BCUT2D eigenvalue weighted by atomic mass is 14.8. The van der Waals surface area contributed by atoms with Gasteiger partial charge in [0.05, 0.1) is 22.1 Å². The van der Waals surface area contributed by atoms with Gasteiger partial charge in [-0.1, -0.05) is 133 Å². The third-order valence-electron chi connectivity index (χ3n) is 15.4. The van der Waals surface area contributed by atoms with Gasteiger partial charge in [-0.2, -0.15) is 0 Å². The molecule has 6 aromatic heterocycles. The first-order valence-corrected chi connectivity index (χ1v) is 26.2. The van der Waals surface area contributed by atoms with Crippen molar-refractivity contribution in [2.24, 2.45) is 0 Å². The molecule has 6 heteroatoms. The van der Waals surface area contributed by atoms with Crippen LogP contribution in [-0.2, 0) is 0 Å². The number of rotatable bonds is 8. The van der Waals surface area contributed by atoms with Crippen LogP contribution in [0.2, 0.25) is 0 Å². The predicted octanol–water partition coefficient (Wildman–Crippen LogP) is 18.3. The van der Waals surface area contributed by atoms with Gasteiger partial charge in [0.1, 0.15) is 0 Å². The highest BCUT2D eigenvalue weighted by Crippen LogP contribution is 2.46. The molecule has 0 aliphatic carbocycles. The molecule has 0 atom stereocenters. The first-order chi connectivity index (χ1) is 38.7. The summed E-state index contributed by atoms with van der Waals surface area (Å²) in [4.78, 5) is 28.9. The molecule has 0 fully saturated rings. The van der Waals surface area contributed by atoms with Crippen molar-refractivity contribution in [2.75, 3.05) is 0 Å². The van der Waals surface area contributed by atoms with Crippen LogP contribution in [-0.4, -0.2) is 29.9 Å². The molecular weight excluding hydrogens is 949 g/mol. The lowest BCUT2D eigenvalue weighted by atomic mass is 9.88.